The molecular weight excluding hydrogens is 444 g/mol. The molecular formula is C16H14BrF2N5O2S. The molecule has 0 aromatic carbocycles. The van der Waals surface area contributed by atoms with Gasteiger partial charge in [0.25, 0.3) is 12.3 Å². The number of alkyl halides is 2. The molecule has 142 valence electrons. The number of thiophene rings is 1. The maximum absolute atomic E-state index is 13.0. The Morgan fingerprint density at radius 1 is 1.41 bits per heavy atom. The average molecular weight is 458 g/mol. The highest BCUT2D eigenvalue weighted by Crippen LogP contribution is 2.38. The fraction of sp³-hybridized carbons (Fsp3) is 0.250. The number of fused-ring (bicyclic) bond motifs is 1. The standard InChI is InChI=1S/C16H14BrF2N5O2S/c1-6-3-9(14(18)19)21-16-11(6)12(13(27-16)15(20)26)22-10(25)5-24-4-8(17)7(2)23-24/h3-4,14H,5H2,1-2H3,(H2,20,26)(H,22,25). The number of carbonyl (C=O) groups is 2. The van der Waals surface area contributed by atoms with E-state index in [1.165, 1.54) is 10.7 Å². The van der Waals surface area contributed by atoms with E-state index >= 15 is 0 Å². The molecule has 0 saturated heterocycles. The molecule has 0 bridgehead atoms. The number of anilines is 1. The lowest BCUT2D eigenvalue weighted by Gasteiger charge is -2.08. The molecule has 0 aliphatic rings. The van der Waals surface area contributed by atoms with Gasteiger partial charge in [0.1, 0.15) is 21.9 Å². The zero-order valence-electron chi connectivity index (χ0n) is 14.2. The Morgan fingerprint density at radius 3 is 2.67 bits per heavy atom. The number of pyridine rings is 1. The number of nitrogens with zero attached hydrogens (tertiary/aromatic N) is 3. The summed E-state index contributed by atoms with van der Waals surface area (Å²) in [5, 5.41) is 7.24. The fourth-order valence-corrected chi connectivity index (χ4v) is 3.99. The van der Waals surface area contributed by atoms with Crippen LogP contribution in [-0.2, 0) is 11.3 Å². The van der Waals surface area contributed by atoms with Crippen LogP contribution in [0.2, 0.25) is 0 Å². The van der Waals surface area contributed by atoms with Gasteiger partial charge >= 0.3 is 0 Å². The molecule has 0 fully saturated rings. The Balaban J connectivity index is 2.00. The van der Waals surface area contributed by atoms with E-state index in [1.54, 1.807) is 20.0 Å². The Kier molecular flexibility index (Phi) is 5.24. The molecule has 0 radical (unpaired) electrons. The first kappa shape index (κ1) is 19.4. The summed E-state index contributed by atoms with van der Waals surface area (Å²) in [4.78, 5) is 28.4. The zero-order chi connectivity index (χ0) is 19.9. The summed E-state index contributed by atoms with van der Waals surface area (Å²) in [5.41, 5.74) is 6.37. The van der Waals surface area contributed by atoms with Crippen molar-refractivity contribution >= 4 is 55.0 Å². The molecule has 0 unspecified atom stereocenters. The summed E-state index contributed by atoms with van der Waals surface area (Å²) in [5.74, 6) is -1.21. The number of nitrogens with two attached hydrogens (primary N) is 1. The first-order valence-electron chi connectivity index (χ1n) is 7.68. The van der Waals surface area contributed by atoms with Crippen LogP contribution in [-0.4, -0.2) is 26.6 Å². The van der Waals surface area contributed by atoms with Crippen molar-refractivity contribution < 1.29 is 18.4 Å². The van der Waals surface area contributed by atoms with Crippen LogP contribution in [0.5, 0.6) is 0 Å². The van der Waals surface area contributed by atoms with Gasteiger partial charge in [-0.2, -0.15) is 5.10 Å². The number of halogens is 3. The summed E-state index contributed by atoms with van der Waals surface area (Å²) < 4.78 is 28.2. The van der Waals surface area contributed by atoms with E-state index in [-0.39, 0.29) is 21.9 Å². The summed E-state index contributed by atoms with van der Waals surface area (Å²) in [6.07, 6.45) is -1.09. The van der Waals surface area contributed by atoms with Crippen molar-refractivity contribution in [2.75, 3.05) is 5.32 Å². The van der Waals surface area contributed by atoms with Crippen LogP contribution in [0.15, 0.2) is 16.7 Å². The smallest absolute Gasteiger partial charge is 0.280 e. The van der Waals surface area contributed by atoms with Crippen molar-refractivity contribution in [2.24, 2.45) is 5.73 Å². The van der Waals surface area contributed by atoms with Crippen LogP contribution in [0.25, 0.3) is 10.2 Å². The van der Waals surface area contributed by atoms with Gasteiger partial charge in [0.05, 0.1) is 15.9 Å². The maximum atomic E-state index is 13.0. The quantitative estimate of drug-likeness (QED) is 0.611. The minimum Gasteiger partial charge on any atom is -0.365 e. The second kappa shape index (κ2) is 7.31. The van der Waals surface area contributed by atoms with Crippen molar-refractivity contribution in [3.05, 3.63) is 38.6 Å². The van der Waals surface area contributed by atoms with Gasteiger partial charge in [-0.15, -0.1) is 11.3 Å². The first-order chi connectivity index (χ1) is 12.7. The monoisotopic (exact) mass is 457 g/mol. The van der Waals surface area contributed by atoms with Gasteiger partial charge in [0.15, 0.2) is 0 Å². The molecule has 0 saturated carbocycles. The van der Waals surface area contributed by atoms with Crippen LogP contribution in [0.1, 0.15) is 33.0 Å². The topological polar surface area (TPSA) is 103 Å². The van der Waals surface area contributed by atoms with Gasteiger partial charge in [0, 0.05) is 11.6 Å². The maximum Gasteiger partial charge on any atom is 0.280 e. The Morgan fingerprint density at radius 2 is 2.11 bits per heavy atom. The van der Waals surface area contributed by atoms with Crippen molar-refractivity contribution in [2.45, 2.75) is 26.8 Å². The second-order valence-corrected chi connectivity index (χ2v) is 7.68. The minimum atomic E-state index is -2.74. The number of hydrogen-bond acceptors (Lipinski definition) is 5. The van der Waals surface area contributed by atoms with E-state index in [1.807, 2.05) is 0 Å². The predicted molar refractivity (Wildman–Crippen MR) is 101 cm³/mol. The molecule has 3 rings (SSSR count). The van der Waals surface area contributed by atoms with Crippen LogP contribution in [0.4, 0.5) is 14.5 Å². The van der Waals surface area contributed by atoms with Crippen LogP contribution in [0, 0.1) is 13.8 Å². The highest BCUT2D eigenvalue weighted by Gasteiger charge is 2.23. The van der Waals surface area contributed by atoms with Crippen LogP contribution >= 0.6 is 27.3 Å². The summed E-state index contributed by atoms with van der Waals surface area (Å²) in [6, 6.07) is 1.23. The van der Waals surface area contributed by atoms with Gasteiger partial charge < -0.3 is 11.1 Å². The lowest BCUT2D eigenvalue weighted by atomic mass is 10.1. The fourth-order valence-electron chi connectivity index (χ4n) is 2.61. The van der Waals surface area contributed by atoms with Crippen molar-refractivity contribution in [3.63, 3.8) is 0 Å². The van der Waals surface area contributed by atoms with E-state index in [0.717, 1.165) is 21.5 Å². The van der Waals surface area contributed by atoms with Crippen LogP contribution < -0.4 is 11.1 Å². The van der Waals surface area contributed by atoms with E-state index < -0.39 is 23.9 Å². The number of amides is 2. The Labute approximate surface area is 164 Å². The molecule has 27 heavy (non-hydrogen) atoms. The van der Waals surface area contributed by atoms with Gasteiger partial charge in [0.2, 0.25) is 5.91 Å². The first-order valence-corrected chi connectivity index (χ1v) is 9.29. The van der Waals surface area contributed by atoms with E-state index in [9.17, 15) is 18.4 Å². The van der Waals surface area contributed by atoms with Gasteiger partial charge in [-0.3, -0.25) is 14.3 Å². The molecule has 7 nitrogen and oxygen atoms in total. The summed E-state index contributed by atoms with van der Waals surface area (Å²) >= 11 is 4.18. The molecule has 3 aromatic heterocycles. The SMILES string of the molecule is Cc1nn(CC(=O)Nc2c(C(N)=O)sc3nc(C(F)F)cc(C)c23)cc1Br. The number of primary amides is 1. The van der Waals surface area contributed by atoms with E-state index in [0.29, 0.717) is 10.9 Å². The predicted octanol–water partition coefficient (Wildman–Crippen LogP) is 3.55. The third-order valence-electron chi connectivity index (χ3n) is 3.78. The number of rotatable bonds is 5. The van der Waals surface area contributed by atoms with Crippen molar-refractivity contribution in [3.8, 4) is 0 Å². The number of aryl methyl sites for hydroxylation is 2. The number of aromatic nitrogens is 3. The highest BCUT2D eigenvalue weighted by atomic mass is 79.9. The second-order valence-electron chi connectivity index (χ2n) is 5.82. The lowest BCUT2D eigenvalue weighted by Crippen LogP contribution is -2.21. The number of nitrogens with one attached hydrogen (secondary N) is 1. The van der Waals surface area contributed by atoms with Gasteiger partial charge in [-0.1, -0.05) is 0 Å². The number of hydrogen-bond donors (Lipinski definition) is 2. The zero-order valence-corrected chi connectivity index (χ0v) is 16.6. The Bertz CT molecular complexity index is 1040. The molecule has 0 aliphatic carbocycles. The van der Waals surface area contributed by atoms with E-state index in [2.05, 4.69) is 31.3 Å². The normalized spacial score (nSPS) is 11.3. The third kappa shape index (κ3) is 3.83. The highest BCUT2D eigenvalue weighted by molar-refractivity contribution is 9.10. The lowest BCUT2D eigenvalue weighted by molar-refractivity contribution is -0.116. The molecule has 3 aromatic rings. The largest absolute Gasteiger partial charge is 0.365 e. The molecule has 0 aliphatic heterocycles. The van der Waals surface area contributed by atoms with Gasteiger partial charge in [-0.05, 0) is 41.4 Å². The Hall–Kier alpha value is -2.40. The van der Waals surface area contributed by atoms with Gasteiger partial charge in [-0.25, -0.2) is 13.8 Å². The van der Waals surface area contributed by atoms with Crippen molar-refractivity contribution in [1.82, 2.24) is 14.8 Å². The minimum absolute atomic E-state index is 0.0539. The molecule has 0 spiro atoms. The molecule has 3 heterocycles. The summed E-state index contributed by atoms with van der Waals surface area (Å²) in [6.45, 7) is 3.30. The molecule has 2 amide bonds. The number of carbonyl (C=O) groups excluding carboxylic acids is 2. The van der Waals surface area contributed by atoms with E-state index in [4.69, 9.17) is 5.73 Å². The molecule has 11 heteroatoms. The third-order valence-corrected chi connectivity index (χ3v) is 5.66. The molecule has 3 N–H and O–H groups in total. The van der Waals surface area contributed by atoms with Crippen molar-refractivity contribution in [1.29, 1.82) is 0 Å². The molecule has 0 atom stereocenters. The van der Waals surface area contributed by atoms with Crippen LogP contribution in [0.3, 0.4) is 0 Å². The summed E-state index contributed by atoms with van der Waals surface area (Å²) in [7, 11) is 0. The average Bonchev–Trinajstić information content (AvgIpc) is 3.08.